The van der Waals surface area contributed by atoms with E-state index in [4.69, 9.17) is 29.9 Å². The smallest absolute Gasteiger partial charge is 0.179 e. The number of aromatic nitrogens is 6. The number of benzene rings is 16. The van der Waals surface area contributed by atoms with Crippen LogP contribution in [0.15, 0.2) is 425 Å². The van der Waals surface area contributed by atoms with Crippen molar-refractivity contribution >= 4 is 121 Å². The highest BCUT2D eigenvalue weighted by atomic mass is 32.1. The van der Waals surface area contributed by atoms with Crippen molar-refractivity contribution in [1.29, 1.82) is 0 Å². The maximum atomic E-state index is 4.99. The Morgan fingerprint density at radius 2 is 0.339 bits per heavy atom. The van der Waals surface area contributed by atoms with Gasteiger partial charge in [0.2, 0.25) is 0 Å². The zero-order valence-electron chi connectivity index (χ0n) is 60.9. The zero-order valence-corrected chi connectivity index (χ0v) is 64.5. The summed E-state index contributed by atoms with van der Waals surface area (Å²) in [6, 6.07) is 153. The summed E-state index contributed by atoms with van der Waals surface area (Å²) in [5.74, 6) is 3.99. The Labute approximate surface area is 660 Å². The number of rotatable bonds is 16. The van der Waals surface area contributed by atoms with Gasteiger partial charge in [0.05, 0.1) is 0 Å². The molecule has 20 aromatic rings. The molecule has 528 valence electrons. The predicted molar refractivity (Wildman–Crippen MR) is 476 cm³/mol. The van der Waals surface area contributed by atoms with Crippen LogP contribution >= 0.6 is 22.7 Å². The molecule has 20 rings (SSSR count). The van der Waals surface area contributed by atoms with E-state index < -0.39 is 16.1 Å². The maximum absolute atomic E-state index is 4.99. The van der Waals surface area contributed by atoms with E-state index in [1.165, 1.54) is 104 Å². The quantitative estimate of drug-likeness (QED) is 0.0709. The second-order valence-corrected chi connectivity index (χ2v) is 37.8. The fourth-order valence-corrected chi connectivity index (χ4v) is 27.9. The van der Waals surface area contributed by atoms with Crippen molar-refractivity contribution in [2.45, 2.75) is 0 Å². The van der Waals surface area contributed by atoms with E-state index >= 15 is 0 Å². The SMILES string of the molecule is c1ccc(-c2nc(-c3ccccc3)nc(-c3ccc4c(c3)sc3cc(-c5ccc([Si](c6ccccc6)(c6ccccc6)c6ccccc6)cc5)ccc34)n2)cc1.c1ccc(-c2nc(-c3ccccc3)nc(-c3ccc4c(c3)sc3cc(-c5cccc([Si](c6ccccc6)(c6ccccc6)c6ccccc6)c5)ccc34)n2)cc1. The largest absolute Gasteiger partial charge is 0.208 e. The molecule has 0 aliphatic heterocycles. The lowest BCUT2D eigenvalue weighted by Crippen LogP contribution is -2.74. The van der Waals surface area contributed by atoms with Crippen LogP contribution in [0.25, 0.3) is 131 Å². The van der Waals surface area contributed by atoms with Gasteiger partial charge in [-0.15, -0.1) is 22.7 Å². The Morgan fingerprint density at radius 3 is 0.634 bits per heavy atom. The molecule has 112 heavy (non-hydrogen) atoms. The Bertz CT molecular complexity index is 6400. The molecule has 0 saturated carbocycles. The highest BCUT2D eigenvalue weighted by Gasteiger charge is 2.43. The lowest BCUT2D eigenvalue weighted by Gasteiger charge is -2.34. The van der Waals surface area contributed by atoms with Gasteiger partial charge in [-0.1, -0.05) is 400 Å². The van der Waals surface area contributed by atoms with Crippen molar-refractivity contribution < 1.29 is 0 Å². The first-order valence-electron chi connectivity index (χ1n) is 37.7. The van der Waals surface area contributed by atoms with E-state index in [9.17, 15) is 0 Å². The molecule has 0 fully saturated rings. The number of nitrogens with zero attached hydrogens (tertiary/aromatic N) is 6. The van der Waals surface area contributed by atoms with Crippen LogP contribution in [0, 0.1) is 0 Å². The minimum Gasteiger partial charge on any atom is -0.208 e. The van der Waals surface area contributed by atoms with Gasteiger partial charge in [0, 0.05) is 73.7 Å². The van der Waals surface area contributed by atoms with Gasteiger partial charge in [-0.3, -0.25) is 0 Å². The molecular weight excluding hydrogens is 1430 g/mol. The Morgan fingerprint density at radius 1 is 0.143 bits per heavy atom. The van der Waals surface area contributed by atoms with Crippen LogP contribution in [0.2, 0.25) is 0 Å². The standard InChI is InChI=1S/2C51H35N3SSi/c1-6-17-36(18-7-1)49-52-50(37-19-8-2-9-20-37)54-51(53-49)40-30-32-46-45-31-29-39(34-47(45)55-48(46)35-40)38-21-16-28-44(33-38)56(41-22-10-3-11-23-41,42-24-12-4-13-25-42)43-26-14-5-15-27-43;1-6-16-37(17-7-1)49-52-50(38-18-8-2-9-19-38)54-51(53-49)40-29-33-46-45-32-28-39(34-47(45)55-48(46)35-40)36-26-30-44(31-27-36)56(41-20-10-3-11-21-41,42-22-12-4-13-23-42)43-24-14-5-15-25-43/h2*1-35H. The molecule has 0 unspecified atom stereocenters. The third kappa shape index (κ3) is 13.1. The molecule has 0 spiro atoms. The molecule has 6 nitrogen and oxygen atoms in total. The Kier molecular flexibility index (Phi) is 18.7. The van der Waals surface area contributed by atoms with Crippen LogP contribution in [0.1, 0.15) is 0 Å². The molecule has 0 saturated heterocycles. The number of hydrogen-bond donors (Lipinski definition) is 0. The van der Waals surface area contributed by atoms with E-state index in [1.807, 2.05) is 144 Å². The molecule has 0 radical (unpaired) electrons. The third-order valence-electron chi connectivity index (χ3n) is 21.4. The fraction of sp³-hybridized carbons (Fsp3) is 0. The summed E-state index contributed by atoms with van der Waals surface area (Å²) in [4.78, 5) is 29.7. The molecule has 4 aromatic heterocycles. The van der Waals surface area contributed by atoms with Crippen molar-refractivity contribution in [2.75, 3.05) is 0 Å². The summed E-state index contributed by atoms with van der Waals surface area (Å²) >= 11 is 3.63. The number of thiophene rings is 2. The normalized spacial score (nSPS) is 11.6. The van der Waals surface area contributed by atoms with Crippen LogP contribution in [-0.2, 0) is 0 Å². The van der Waals surface area contributed by atoms with Crippen molar-refractivity contribution in [3.63, 3.8) is 0 Å². The van der Waals surface area contributed by atoms with E-state index in [0.717, 1.165) is 33.4 Å². The van der Waals surface area contributed by atoms with Crippen molar-refractivity contribution in [1.82, 2.24) is 29.9 Å². The van der Waals surface area contributed by atoms with Gasteiger partial charge in [-0.25, -0.2) is 29.9 Å². The molecule has 0 N–H and O–H groups in total. The van der Waals surface area contributed by atoms with Gasteiger partial charge in [0.1, 0.15) is 0 Å². The van der Waals surface area contributed by atoms with Gasteiger partial charge in [0.25, 0.3) is 0 Å². The van der Waals surface area contributed by atoms with Crippen LogP contribution < -0.4 is 41.5 Å². The molecule has 0 bridgehead atoms. The summed E-state index contributed by atoms with van der Waals surface area (Å²) in [7, 11) is -5.23. The first kappa shape index (κ1) is 68.9. The molecule has 0 aliphatic carbocycles. The summed E-state index contributed by atoms with van der Waals surface area (Å²) in [6.07, 6.45) is 0. The molecule has 0 aliphatic rings. The first-order chi connectivity index (χ1) is 55.5. The van der Waals surface area contributed by atoms with E-state index in [0.29, 0.717) is 34.9 Å². The Hall–Kier alpha value is -13.6. The maximum Gasteiger partial charge on any atom is 0.179 e. The predicted octanol–water partition coefficient (Wildman–Crippen LogP) is 20.6. The summed E-state index contributed by atoms with van der Waals surface area (Å²) < 4.78 is 4.92. The van der Waals surface area contributed by atoms with E-state index in [-0.39, 0.29) is 0 Å². The molecule has 0 atom stereocenters. The van der Waals surface area contributed by atoms with Gasteiger partial charge in [0.15, 0.2) is 51.1 Å². The van der Waals surface area contributed by atoms with Crippen LogP contribution in [0.5, 0.6) is 0 Å². The summed E-state index contributed by atoms with van der Waals surface area (Å²) in [5.41, 5.74) is 10.6. The van der Waals surface area contributed by atoms with Gasteiger partial charge >= 0.3 is 0 Å². The molecular formula is C102H70N6S2Si2. The average molecular weight is 1500 g/mol. The topological polar surface area (TPSA) is 77.3 Å². The highest BCUT2D eigenvalue weighted by Crippen LogP contribution is 2.41. The molecule has 10 heteroatoms. The van der Waals surface area contributed by atoms with Crippen LogP contribution in [-0.4, -0.2) is 46.1 Å². The fourth-order valence-electron chi connectivity index (χ4n) is 16.0. The van der Waals surface area contributed by atoms with Crippen molar-refractivity contribution in [3.05, 3.63) is 425 Å². The summed E-state index contributed by atoms with van der Waals surface area (Å²) in [5, 5.41) is 15.9. The minimum atomic E-state index is -2.65. The van der Waals surface area contributed by atoms with Crippen molar-refractivity contribution in [2.24, 2.45) is 0 Å². The molecule has 4 heterocycles. The minimum absolute atomic E-state index is 0.664. The second-order valence-electron chi connectivity index (χ2n) is 28.0. The van der Waals surface area contributed by atoms with Gasteiger partial charge in [-0.2, -0.15) is 0 Å². The first-order valence-corrected chi connectivity index (χ1v) is 43.3. The van der Waals surface area contributed by atoms with Gasteiger partial charge in [-0.05, 0) is 88.0 Å². The Balaban J connectivity index is 0.000000151. The van der Waals surface area contributed by atoms with Crippen LogP contribution in [0.3, 0.4) is 0 Å². The van der Waals surface area contributed by atoms with Gasteiger partial charge < -0.3 is 0 Å². The lowest BCUT2D eigenvalue weighted by atomic mass is 10.0. The second kappa shape index (κ2) is 30.5. The highest BCUT2D eigenvalue weighted by molar-refractivity contribution is 7.26. The zero-order chi connectivity index (χ0) is 74.6. The van der Waals surface area contributed by atoms with E-state index in [1.54, 1.807) is 0 Å². The van der Waals surface area contributed by atoms with Crippen LogP contribution in [0.4, 0.5) is 0 Å². The van der Waals surface area contributed by atoms with E-state index in [2.05, 4.69) is 303 Å². The monoisotopic (exact) mass is 1500 g/mol. The molecule has 16 aromatic carbocycles. The average Bonchev–Trinajstić information content (AvgIpc) is 0.965. The molecule has 0 amide bonds. The number of fused-ring (bicyclic) bond motifs is 6. The summed E-state index contributed by atoms with van der Waals surface area (Å²) in [6.45, 7) is 0. The lowest BCUT2D eigenvalue weighted by molar-refractivity contribution is 1.07. The third-order valence-corrected chi connectivity index (χ3v) is 33.2. The van der Waals surface area contributed by atoms with Crippen molar-refractivity contribution in [3.8, 4) is 90.6 Å². The number of hydrogen-bond acceptors (Lipinski definition) is 8.